The van der Waals surface area contributed by atoms with Crippen LogP contribution in [0.25, 0.3) is 0 Å². The lowest BCUT2D eigenvalue weighted by Gasteiger charge is -2.20. The highest BCUT2D eigenvalue weighted by molar-refractivity contribution is 7.16. The Balaban J connectivity index is 2.04. The molecule has 0 radical (unpaired) electrons. The number of fused-ring (bicyclic) bond motifs is 1. The van der Waals surface area contributed by atoms with Gasteiger partial charge in [0, 0.05) is 23.4 Å². The number of aryl methyl sites for hydroxylation is 1. The number of hydrogen-bond donors (Lipinski definition) is 1. The Morgan fingerprint density at radius 3 is 3.25 bits per heavy atom. The van der Waals surface area contributed by atoms with Crippen LogP contribution in [-0.4, -0.2) is 6.04 Å². The molecular formula is C13H16ClNS. The Kier molecular flexibility index (Phi) is 3.91. The van der Waals surface area contributed by atoms with Crippen molar-refractivity contribution in [3.8, 4) is 12.3 Å². The molecule has 1 nitrogen and oxygen atoms in total. The quantitative estimate of drug-likeness (QED) is 0.806. The summed E-state index contributed by atoms with van der Waals surface area (Å²) in [6.07, 6.45) is 9.58. The summed E-state index contributed by atoms with van der Waals surface area (Å²) in [5, 5.41) is 3.64. The fourth-order valence-electron chi connectivity index (χ4n) is 2.25. The number of nitrogens with one attached hydrogen (secondary N) is 1. The molecule has 0 aliphatic heterocycles. The zero-order valence-electron chi connectivity index (χ0n) is 9.42. The van der Waals surface area contributed by atoms with Crippen LogP contribution in [0.4, 0.5) is 0 Å². The van der Waals surface area contributed by atoms with Crippen LogP contribution >= 0.6 is 22.9 Å². The molecule has 0 amide bonds. The average molecular weight is 254 g/mol. The van der Waals surface area contributed by atoms with Crippen LogP contribution in [-0.2, 0) is 6.42 Å². The van der Waals surface area contributed by atoms with Crippen molar-refractivity contribution in [3.63, 3.8) is 0 Å². The van der Waals surface area contributed by atoms with Gasteiger partial charge >= 0.3 is 0 Å². The maximum atomic E-state index is 6.03. The van der Waals surface area contributed by atoms with Crippen molar-refractivity contribution in [1.82, 2.24) is 5.32 Å². The number of thiophene rings is 1. The molecule has 0 bridgehead atoms. The highest BCUT2D eigenvalue weighted by Crippen LogP contribution is 2.39. The second-order valence-corrected chi connectivity index (χ2v) is 5.97. The van der Waals surface area contributed by atoms with Gasteiger partial charge in [0.2, 0.25) is 0 Å². The van der Waals surface area contributed by atoms with Crippen molar-refractivity contribution in [2.75, 3.05) is 0 Å². The highest BCUT2D eigenvalue weighted by Gasteiger charge is 2.26. The van der Waals surface area contributed by atoms with E-state index in [0.29, 0.717) is 12.1 Å². The summed E-state index contributed by atoms with van der Waals surface area (Å²) in [5.41, 5.74) is 1.39. The first-order chi connectivity index (χ1) is 7.74. The van der Waals surface area contributed by atoms with Crippen molar-refractivity contribution in [2.24, 2.45) is 0 Å². The van der Waals surface area contributed by atoms with Crippen LogP contribution in [0.15, 0.2) is 6.07 Å². The van der Waals surface area contributed by atoms with E-state index in [4.69, 9.17) is 18.0 Å². The Morgan fingerprint density at radius 1 is 1.75 bits per heavy atom. The topological polar surface area (TPSA) is 12.0 Å². The molecule has 0 saturated heterocycles. The lowest BCUT2D eigenvalue weighted by Crippen LogP contribution is -2.30. The molecule has 1 heterocycles. The van der Waals surface area contributed by atoms with E-state index in [1.165, 1.54) is 16.9 Å². The van der Waals surface area contributed by atoms with Crippen LogP contribution in [0.3, 0.4) is 0 Å². The van der Waals surface area contributed by atoms with E-state index in [2.05, 4.69) is 24.2 Å². The number of halogens is 1. The van der Waals surface area contributed by atoms with Gasteiger partial charge in [-0.1, -0.05) is 18.5 Å². The molecule has 2 rings (SSSR count). The minimum Gasteiger partial charge on any atom is -0.306 e. The molecule has 2 atom stereocenters. The summed E-state index contributed by atoms with van der Waals surface area (Å²) >= 11 is 7.75. The summed E-state index contributed by atoms with van der Waals surface area (Å²) in [6, 6.07) is 2.99. The predicted molar refractivity (Wildman–Crippen MR) is 71.1 cm³/mol. The second kappa shape index (κ2) is 5.23. The van der Waals surface area contributed by atoms with E-state index in [-0.39, 0.29) is 0 Å². The van der Waals surface area contributed by atoms with E-state index in [1.54, 1.807) is 11.3 Å². The van der Waals surface area contributed by atoms with Crippen molar-refractivity contribution in [1.29, 1.82) is 0 Å². The standard InChI is InChI=1S/C13H16ClNS/c1-3-5-9(4-2)15-11-6-7-12-10(11)8-13(14)16-12/h1,8-9,11,15H,4-7H2,2H3. The smallest absolute Gasteiger partial charge is 0.0934 e. The van der Waals surface area contributed by atoms with Gasteiger partial charge in [0.15, 0.2) is 0 Å². The van der Waals surface area contributed by atoms with E-state index in [1.807, 2.05) is 0 Å². The van der Waals surface area contributed by atoms with Gasteiger partial charge in [0.1, 0.15) is 0 Å². The van der Waals surface area contributed by atoms with Crippen LogP contribution in [0.2, 0.25) is 4.34 Å². The Hall–Kier alpha value is -0.490. The van der Waals surface area contributed by atoms with Crippen molar-refractivity contribution in [3.05, 3.63) is 20.8 Å². The molecule has 0 saturated carbocycles. The molecule has 2 unspecified atom stereocenters. The molecular weight excluding hydrogens is 238 g/mol. The maximum absolute atomic E-state index is 6.03. The van der Waals surface area contributed by atoms with Crippen molar-refractivity contribution < 1.29 is 0 Å². The third-order valence-corrected chi connectivity index (χ3v) is 4.48. The van der Waals surface area contributed by atoms with Gasteiger partial charge in [0.05, 0.1) is 4.34 Å². The van der Waals surface area contributed by atoms with Crippen LogP contribution in [0, 0.1) is 12.3 Å². The van der Waals surface area contributed by atoms with Gasteiger partial charge in [0.25, 0.3) is 0 Å². The molecule has 0 fully saturated rings. The molecule has 86 valence electrons. The first kappa shape index (κ1) is 12.0. The van der Waals surface area contributed by atoms with Gasteiger partial charge < -0.3 is 5.32 Å². The minimum atomic E-state index is 0.430. The van der Waals surface area contributed by atoms with Gasteiger partial charge in [-0.2, -0.15) is 0 Å². The predicted octanol–water partition coefficient (Wildman–Crippen LogP) is 3.78. The molecule has 0 spiro atoms. The van der Waals surface area contributed by atoms with Crippen LogP contribution < -0.4 is 5.32 Å². The molecule has 3 heteroatoms. The first-order valence-corrected chi connectivity index (χ1v) is 6.91. The fourth-order valence-corrected chi connectivity index (χ4v) is 3.61. The molecule has 16 heavy (non-hydrogen) atoms. The van der Waals surface area contributed by atoms with E-state index in [0.717, 1.165) is 23.6 Å². The van der Waals surface area contributed by atoms with Gasteiger partial charge in [-0.25, -0.2) is 0 Å². The third kappa shape index (κ3) is 2.43. The fraction of sp³-hybridized carbons (Fsp3) is 0.538. The summed E-state index contributed by atoms with van der Waals surface area (Å²) < 4.78 is 0.904. The third-order valence-electron chi connectivity index (χ3n) is 3.14. The summed E-state index contributed by atoms with van der Waals surface area (Å²) in [5.74, 6) is 2.74. The largest absolute Gasteiger partial charge is 0.306 e. The zero-order valence-corrected chi connectivity index (χ0v) is 11.0. The van der Waals surface area contributed by atoms with Crippen LogP contribution in [0.1, 0.15) is 42.7 Å². The molecule has 1 aliphatic carbocycles. The normalized spacial score (nSPS) is 20.4. The number of terminal acetylenes is 1. The minimum absolute atomic E-state index is 0.430. The molecule has 1 aromatic rings. The molecule has 0 aromatic carbocycles. The SMILES string of the molecule is C#CCC(CC)NC1CCc2sc(Cl)cc21. The van der Waals surface area contributed by atoms with Gasteiger partial charge in [-0.3, -0.25) is 0 Å². The lowest BCUT2D eigenvalue weighted by molar-refractivity contribution is 0.427. The van der Waals surface area contributed by atoms with Gasteiger partial charge in [-0.15, -0.1) is 23.7 Å². The van der Waals surface area contributed by atoms with E-state index in [9.17, 15) is 0 Å². The average Bonchev–Trinajstić information content (AvgIpc) is 2.78. The molecule has 1 N–H and O–H groups in total. The zero-order chi connectivity index (χ0) is 11.5. The summed E-state index contributed by atoms with van der Waals surface area (Å²) in [7, 11) is 0. The van der Waals surface area contributed by atoms with Gasteiger partial charge in [-0.05, 0) is 30.9 Å². The summed E-state index contributed by atoms with van der Waals surface area (Å²) in [4.78, 5) is 1.44. The second-order valence-electron chi connectivity index (χ2n) is 4.20. The summed E-state index contributed by atoms with van der Waals surface area (Å²) in [6.45, 7) is 2.17. The Morgan fingerprint density at radius 2 is 2.56 bits per heavy atom. The van der Waals surface area contributed by atoms with Crippen molar-refractivity contribution >= 4 is 22.9 Å². The van der Waals surface area contributed by atoms with Crippen LogP contribution in [0.5, 0.6) is 0 Å². The lowest BCUT2D eigenvalue weighted by atomic mass is 10.1. The molecule has 1 aliphatic rings. The van der Waals surface area contributed by atoms with E-state index >= 15 is 0 Å². The Bertz CT molecular complexity index is 405. The van der Waals surface area contributed by atoms with E-state index < -0.39 is 0 Å². The molecule has 1 aromatic heterocycles. The maximum Gasteiger partial charge on any atom is 0.0934 e. The first-order valence-electron chi connectivity index (χ1n) is 5.72. The number of rotatable bonds is 4. The monoisotopic (exact) mass is 253 g/mol. The Labute approximate surface area is 106 Å². The van der Waals surface area contributed by atoms with Crippen molar-refractivity contribution in [2.45, 2.75) is 44.7 Å². The highest BCUT2D eigenvalue weighted by atomic mass is 35.5. The number of hydrogen-bond acceptors (Lipinski definition) is 2.